The Morgan fingerprint density at radius 3 is 1.17 bits per heavy atom. The van der Waals surface area contributed by atoms with Crippen LogP contribution in [0.5, 0.6) is 0 Å². The van der Waals surface area contributed by atoms with Gasteiger partial charge in [-0.15, -0.1) is 0 Å². The van der Waals surface area contributed by atoms with Crippen molar-refractivity contribution in [2.75, 3.05) is 0 Å². The monoisotopic (exact) mass is 640 g/mol. The average Bonchev–Trinajstić information content (AvgIpc) is 2.78. The van der Waals surface area contributed by atoms with Crippen molar-refractivity contribution >= 4 is 58.3 Å². The van der Waals surface area contributed by atoms with Crippen LogP contribution in [0.3, 0.4) is 0 Å². The molecule has 4 nitrogen and oxygen atoms in total. The molecule has 0 fully saturated rings. The molecule has 0 radical (unpaired) electrons. The number of aliphatic carboxylic acids is 2. The van der Waals surface area contributed by atoms with Gasteiger partial charge in [-0.05, 0) is 24.7 Å². The van der Waals surface area contributed by atoms with E-state index in [1.54, 1.807) is 8.87 Å². The summed E-state index contributed by atoms with van der Waals surface area (Å²) >= 11 is 7.96. The minimum absolute atomic E-state index is 0.149. The Bertz CT molecular complexity index is 422. The van der Waals surface area contributed by atoms with Gasteiger partial charge in [0.2, 0.25) is 0 Å². The van der Waals surface area contributed by atoms with Gasteiger partial charge in [0.1, 0.15) is 0 Å². The zero-order valence-corrected chi connectivity index (χ0v) is 28.3. The van der Waals surface area contributed by atoms with Crippen molar-refractivity contribution < 1.29 is 19.8 Å². The van der Waals surface area contributed by atoms with E-state index in [-0.39, 0.29) is 21.1 Å². The van der Waals surface area contributed by atoms with E-state index in [0.717, 1.165) is 37.5 Å². The van der Waals surface area contributed by atoms with Gasteiger partial charge in [-0.25, -0.2) is 0 Å². The Labute approximate surface area is 239 Å². The maximum atomic E-state index is 10.3. The molecule has 0 spiro atoms. The summed E-state index contributed by atoms with van der Waals surface area (Å²) in [5.74, 6) is -0.611. The zero-order valence-electron chi connectivity index (χ0n) is 23.7. The summed E-state index contributed by atoms with van der Waals surface area (Å²) in [6.07, 6.45) is 16.0. The molecule has 0 aromatic heterocycles. The van der Waals surface area contributed by atoms with Gasteiger partial charge in [-0.3, -0.25) is 0 Å². The van der Waals surface area contributed by atoms with Crippen LogP contribution < -0.4 is 10.2 Å². The average molecular weight is 640 g/mol. The van der Waals surface area contributed by atoms with E-state index in [0.29, 0.717) is 12.8 Å². The van der Waals surface area contributed by atoms with Gasteiger partial charge < -0.3 is 19.8 Å². The van der Waals surface area contributed by atoms with Crippen molar-refractivity contribution in [1.29, 1.82) is 0 Å². The predicted molar refractivity (Wildman–Crippen MR) is 157 cm³/mol. The number of carboxylic acids is 2. The Hall–Kier alpha value is 0.439. The number of thiol groups is 2. The number of carboxylic acid groups (broad SMARTS) is 2. The molecule has 0 aliphatic rings. The van der Waals surface area contributed by atoms with Crippen molar-refractivity contribution in [3.8, 4) is 0 Å². The molecular formula is C28H56O4S2Sn. The molecular weight excluding hydrogens is 583 g/mol. The van der Waals surface area contributed by atoms with Gasteiger partial charge in [-0.2, -0.15) is 25.3 Å². The fraction of sp³-hybridized carbons (Fsp3) is 0.929. The van der Waals surface area contributed by atoms with Crippen molar-refractivity contribution in [3.63, 3.8) is 0 Å². The summed E-state index contributed by atoms with van der Waals surface area (Å²) in [5.41, 5.74) is 0. The van der Waals surface area contributed by atoms with E-state index >= 15 is 0 Å². The minimum atomic E-state index is -1.05. The number of carbonyl (C=O) groups excluding carboxylic acids is 2. The molecule has 208 valence electrons. The zero-order chi connectivity index (χ0) is 27.5. The van der Waals surface area contributed by atoms with E-state index in [2.05, 4.69) is 66.8 Å². The predicted octanol–water partition coefficient (Wildman–Crippen LogP) is 6.41. The van der Waals surface area contributed by atoms with Crippen molar-refractivity contribution in [2.45, 2.75) is 151 Å². The van der Waals surface area contributed by atoms with Crippen LogP contribution in [0.15, 0.2) is 0 Å². The number of unbranched alkanes of at least 4 members (excludes halogenated alkanes) is 6. The summed E-state index contributed by atoms with van der Waals surface area (Å²) in [7, 11) is 0. The first-order valence-corrected chi connectivity index (χ1v) is 19.0. The summed E-state index contributed by atoms with van der Waals surface area (Å²) in [6.45, 7) is 13.4. The number of carbonyl (C=O) groups is 2. The fourth-order valence-electron chi connectivity index (χ4n) is 3.10. The normalized spacial score (nSPS) is 12.2. The standard InChI is InChI=1S/2C10H20O2S.2C4H9.Sn/c2*1-8(2)6-4-3-5-7-9(13)10(11)12;2*1-3-4-2;/h2*8-9,13H,3-7H2,1-2H3,(H,11,12);2*1,3-4H2,2H3;/q;;;;+2/p-2/t2*9-;;;/m00.../s1. The number of hydrogen-bond acceptors (Lipinski definition) is 6. The van der Waals surface area contributed by atoms with Crippen LogP contribution >= 0.6 is 25.3 Å². The molecule has 0 heterocycles. The maximum absolute atomic E-state index is 10.3. The van der Waals surface area contributed by atoms with Crippen LogP contribution in [-0.4, -0.2) is 43.6 Å². The Morgan fingerprint density at radius 1 is 0.600 bits per heavy atom. The molecule has 2 atom stereocenters. The van der Waals surface area contributed by atoms with Crippen LogP contribution in [0.4, 0.5) is 0 Å². The second-order valence-corrected chi connectivity index (χ2v) is 15.7. The van der Waals surface area contributed by atoms with Crippen molar-refractivity contribution in [2.24, 2.45) is 11.8 Å². The van der Waals surface area contributed by atoms with E-state index < -0.39 is 22.4 Å². The van der Waals surface area contributed by atoms with Gasteiger partial charge in [-0.1, -0.05) is 79.1 Å². The molecule has 35 heavy (non-hydrogen) atoms. The molecule has 0 aromatic rings. The quantitative estimate of drug-likeness (QED) is 0.0917. The SMILES string of the molecule is CC(C)CCCCC[C@H](S)C(=O)[O-].CC(C)CCCCC[C@H](S)C(=O)[O-].CCC[CH2][Sn+2][CH2]CCC. The Morgan fingerprint density at radius 2 is 0.914 bits per heavy atom. The van der Waals surface area contributed by atoms with Gasteiger partial charge in [0.05, 0.1) is 11.9 Å². The second kappa shape index (κ2) is 30.7. The van der Waals surface area contributed by atoms with Crippen molar-refractivity contribution in [1.82, 2.24) is 0 Å². The van der Waals surface area contributed by atoms with Crippen LogP contribution in [0.25, 0.3) is 0 Å². The molecule has 0 bridgehead atoms. The summed E-state index contributed by atoms with van der Waals surface area (Å²) in [4.78, 5) is 20.6. The first-order chi connectivity index (χ1) is 16.5. The van der Waals surface area contributed by atoms with Crippen LogP contribution in [0.1, 0.15) is 131 Å². The molecule has 0 N–H and O–H groups in total. The molecule has 0 unspecified atom stereocenters. The molecule has 7 heteroatoms. The first-order valence-electron chi connectivity index (χ1n) is 14.0. The third kappa shape index (κ3) is 39.1. The summed E-state index contributed by atoms with van der Waals surface area (Å²) < 4.78 is 3.25. The van der Waals surface area contributed by atoms with E-state index in [4.69, 9.17) is 0 Å². The fourth-order valence-corrected chi connectivity index (χ4v) is 7.62. The van der Waals surface area contributed by atoms with Gasteiger partial charge in [0.25, 0.3) is 0 Å². The third-order valence-corrected chi connectivity index (χ3v) is 10.5. The van der Waals surface area contributed by atoms with Gasteiger partial charge >= 0.3 is 69.5 Å². The second-order valence-electron chi connectivity index (χ2n) is 10.2. The first kappa shape index (κ1) is 39.9. The van der Waals surface area contributed by atoms with E-state index in [1.165, 1.54) is 51.4 Å². The molecule has 0 aliphatic carbocycles. The van der Waals surface area contributed by atoms with Gasteiger partial charge in [0.15, 0.2) is 0 Å². The van der Waals surface area contributed by atoms with Crippen LogP contribution in [0.2, 0.25) is 8.87 Å². The van der Waals surface area contributed by atoms with E-state index in [9.17, 15) is 19.8 Å². The Kier molecular flexibility index (Phi) is 35.0. The third-order valence-electron chi connectivity index (χ3n) is 5.48. The number of hydrogen-bond donors (Lipinski definition) is 2. The molecule has 0 saturated heterocycles. The topological polar surface area (TPSA) is 80.3 Å². The van der Waals surface area contributed by atoms with Crippen LogP contribution in [-0.2, 0) is 9.59 Å². The van der Waals surface area contributed by atoms with Gasteiger partial charge in [0, 0.05) is 10.5 Å². The van der Waals surface area contributed by atoms with Crippen molar-refractivity contribution in [3.05, 3.63) is 0 Å². The molecule has 0 aliphatic heterocycles. The molecule has 0 rings (SSSR count). The Balaban J connectivity index is -0.000000448. The number of rotatable bonds is 20. The van der Waals surface area contributed by atoms with Crippen LogP contribution in [0, 0.1) is 11.8 Å². The summed E-state index contributed by atoms with van der Waals surface area (Å²) in [6, 6.07) is 0. The molecule has 0 aromatic carbocycles. The molecule has 0 amide bonds. The summed E-state index contributed by atoms with van der Waals surface area (Å²) in [5, 5.41) is 19.4. The van der Waals surface area contributed by atoms with E-state index in [1.807, 2.05) is 0 Å². The molecule has 0 saturated carbocycles.